The predicted molar refractivity (Wildman–Crippen MR) is 97.7 cm³/mol. The van der Waals surface area contributed by atoms with E-state index in [-0.39, 0.29) is 5.91 Å². The lowest BCUT2D eigenvalue weighted by Gasteiger charge is -2.18. The van der Waals surface area contributed by atoms with E-state index in [2.05, 4.69) is 17.2 Å². The summed E-state index contributed by atoms with van der Waals surface area (Å²) < 4.78 is 6.96. The van der Waals surface area contributed by atoms with Gasteiger partial charge in [0.15, 0.2) is 0 Å². The van der Waals surface area contributed by atoms with E-state index in [0.29, 0.717) is 17.9 Å². The molecule has 25 heavy (non-hydrogen) atoms. The molecule has 1 heterocycles. The number of benzene rings is 1. The maximum absolute atomic E-state index is 12.3. The van der Waals surface area contributed by atoms with E-state index in [4.69, 9.17) is 4.74 Å². The van der Waals surface area contributed by atoms with Crippen LogP contribution in [0.5, 0.6) is 0 Å². The summed E-state index contributed by atoms with van der Waals surface area (Å²) in [5, 5.41) is 3.44. The summed E-state index contributed by atoms with van der Waals surface area (Å²) in [7, 11) is 0. The molecule has 6 heteroatoms. The molecule has 0 spiro atoms. The van der Waals surface area contributed by atoms with Crippen molar-refractivity contribution in [3.05, 3.63) is 47.2 Å². The number of aryl methyl sites for hydroxylation is 1. The lowest BCUT2D eigenvalue weighted by atomic mass is 10.1. The van der Waals surface area contributed by atoms with Crippen LogP contribution in [-0.2, 0) is 9.53 Å². The third-order valence-corrected chi connectivity index (χ3v) is 4.09. The summed E-state index contributed by atoms with van der Waals surface area (Å²) in [5.74, 6) is -0.709. The normalized spacial score (nSPS) is 11.7. The fourth-order valence-corrected chi connectivity index (χ4v) is 2.77. The average Bonchev–Trinajstić information content (AvgIpc) is 2.92. The Hall–Kier alpha value is -2.89. The summed E-state index contributed by atoms with van der Waals surface area (Å²) in [6, 6.07) is 9.11. The van der Waals surface area contributed by atoms with Crippen molar-refractivity contribution in [1.29, 1.82) is 0 Å². The topological polar surface area (TPSA) is 72.7 Å². The van der Waals surface area contributed by atoms with Crippen LogP contribution in [0.3, 0.4) is 0 Å². The first kappa shape index (κ1) is 18.4. The first-order valence-electron chi connectivity index (χ1n) is 8.12. The Labute approximate surface area is 147 Å². The summed E-state index contributed by atoms with van der Waals surface area (Å²) in [5.41, 5.74) is 6.29. The Morgan fingerprint density at radius 2 is 1.92 bits per heavy atom. The largest absolute Gasteiger partial charge is 0.462 e. The van der Waals surface area contributed by atoms with Crippen LogP contribution in [0.4, 0.5) is 0 Å². The van der Waals surface area contributed by atoms with E-state index in [9.17, 15) is 9.59 Å². The van der Waals surface area contributed by atoms with Crippen LogP contribution < -0.4 is 5.43 Å². The molecule has 0 aliphatic rings. The van der Waals surface area contributed by atoms with Crippen LogP contribution in [0.25, 0.3) is 11.3 Å². The number of carbonyl (C=O) groups is 2. The minimum absolute atomic E-state index is 0.291. The van der Waals surface area contributed by atoms with Crippen molar-refractivity contribution in [3.63, 3.8) is 0 Å². The second-order valence-corrected chi connectivity index (χ2v) is 5.80. The molecule has 0 aliphatic heterocycles. The molecule has 6 nitrogen and oxygen atoms in total. The van der Waals surface area contributed by atoms with E-state index in [1.807, 2.05) is 35.8 Å². The van der Waals surface area contributed by atoms with Gasteiger partial charge in [0.25, 0.3) is 5.91 Å². The number of nitrogens with zero attached hydrogens (tertiary/aromatic N) is 2. The Kier molecular flexibility index (Phi) is 5.75. The third kappa shape index (κ3) is 3.79. The SMILES string of the molecule is C=NNC(=O)C(C)n1c(-c2ccc(C)cc2)cc(C(=O)OCC)c1C. The van der Waals surface area contributed by atoms with Crippen molar-refractivity contribution in [2.45, 2.75) is 33.7 Å². The summed E-state index contributed by atoms with van der Waals surface area (Å²) >= 11 is 0. The quantitative estimate of drug-likeness (QED) is 0.498. The number of nitrogens with one attached hydrogen (secondary N) is 1. The Balaban J connectivity index is 2.61. The van der Waals surface area contributed by atoms with Gasteiger partial charge < -0.3 is 9.30 Å². The maximum atomic E-state index is 12.3. The minimum Gasteiger partial charge on any atom is -0.462 e. The predicted octanol–water partition coefficient (Wildman–Crippen LogP) is 3.24. The van der Waals surface area contributed by atoms with Gasteiger partial charge in [-0.1, -0.05) is 29.8 Å². The van der Waals surface area contributed by atoms with Gasteiger partial charge in [0.2, 0.25) is 0 Å². The fraction of sp³-hybridized carbons (Fsp3) is 0.316. The third-order valence-electron chi connectivity index (χ3n) is 4.09. The first-order valence-corrected chi connectivity index (χ1v) is 8.12. The van der Waals surface area contributed by atoms with Crippen LogP contribution >= 0.6 is 0 Å². The zero-order valence-electron chi connectivity index (χ0n) is 15.0. The van der Waals surface area contributed by atoms with Gasteiger partial charge in [-0.25, -0.2) is 10.2 Å². The number of carbonyl (C=O) groups excluding carboxylic acids is 2. The number of hydrazone groups is 1. The molecule has 1 amide bonds. The minimum atomic E-state index is -0.565. The highest BCUT2D eigenvalue weighted by Gasteiger charge is 2.25. The zero-order valence-corrected chi connectivity index (χ0v) is 15.0. The molecule has 0 saturated carbocycles. The van der Waals surface area contributed by atoms with Gasteiger partial charge in [-0.05, 0) is 39.3 Å². The number of rotatable bonds is 6. The Bertz CT molecular complexity index is 791. The molecule has 1 aromatic heterocycles. The molecule has 132 valence electrons. The molecule has 0 radical (unpaired) electrons. The van der Waals surface area contributed by atoms with Gasteiger partial charge in [-0.15, -0.1) is 0 Å². The highest BCUT2D eigenvalue weighted by atomic mass is 16.5. The van der Waals surface area contributed by atoms with E-state index in [1.54, 1.807) is 26.8 Å². The molecule has 1 N–H and O–H groups in total. The molecule has 0 fully saturated rings. The number of amides is 1. The molecule has 0 bridgehead atoms. The average molecular weight is 341 g/mol. The molecule has 1 aromatic carbocycles. The lowest BCUT2D eigenvalue weighted by Crippen LogP contribution is -2.28. The fourth-order valence-electron chi connectivity index (χ4n) is 2.77. The second kappa shape index (κ2) is 7.79. The Morgan fingerprint density at radius 3 is 2.48 bits per heavy atom. The van der Waals surface area contributed by atoms with E-state index < -0.39 is 12.0 Å². The van der Waals surface area contributed by atoms with Gasteiger partial charge in [0.1, 0.15) is 6.04 Å². The monoisotopic (exact) mass is 341 g/mol. The molecule has 1 atom stereocenters. The van der Waals surface area contributed by atoms with Gasteiger partial charge in [-0.2, -0.15) is 5.10 Å². The van der Waals surface area contributed by atoms with Gasteiger partial charge in [-0.3, -0.25) is 4.79 Å². The number of ether oxygens (including phenoxy) is 1. The molecule has 2 aromatic rings. The number of hydrogen-bond donors (Lipinski definition) is 1. The molecular formula is C19H23N3O3. The van der Waals surface area contributed by atoms with E-state index in [1.165, 1.54) is 0 Å². The van der Waals surface area contributed by atoms with Crippen molar-refractivity contribution < 1.29 is 14.3 Å². The maximum Gasteiger partial charge on any atom is 0.339 e. The summed E-state index contributed by atoms with van der Waals surface area (Å²) in [6.45, 7) is 10.9. The zero-order chi connectivity index (χ0) is 18.6. The van der Waals surface area contributed by atoms with E-state index >= 15 is 0 Å². The van der Waals surface area contributed by atoms with Crippen LogP contribution in [-0.4, -0.2) is 29.8 Å². The summed E-state index contributed by atoms with van der Waals surface area (Å²) in [4.78, 5) is 24.5. The molecule has 2 rings (SSSR count). The van der Waals surface area contributed by atoms with Crippen molar-refractivity contribution in [2.75, 3.05) is 6.61 Å². The molecule has 1 unspecified atom stereocenters. The van der Waals surface area contributed by atoms with Crippen molar-refractivity contribution in [1.82, 2.24) is 9.99 Å². The first-order chi connectivity index (χ1) is 11.9. The number of hydrogen-bond acceptors (Lipinski definition) is 4. The summed E-state index contributed by atoms with van der Waals surface area (Å²) in [6.07, 6.45) is 0. The van der Waals surface area contributed by atoms with Gasteiger partial charge >= 0.3 is 5.97 Å². The second-order valence-electron chi connectivity index (χ2n) is 5.80. The van der Waals surface area contributed by atoms with Crippen LogP contribution in [0.1, 0.15) is 41.5 Å². The number of esters is 1. The molecule has 0 aliphatic carbocycles. The lowest BCUT2D eigenvalue weighted by molar-refractivity contribution is -0.123. The smallest absolute Gasteiger partial charge is 0.339 e. The van der Waals surface area contributed by atoms with Gasteiger partial charge in [0.05, 0.1) is 12.2 Å². The number of aromatic nitrogens is 1. The van der Waals surface area contributed by atoms with Gasteiger partial charge in [0, 0.05) is 18.1 Å². The van der Waals surface area contributed by atoms with Crippen molar-refractivity contribution in [2.24, 2.45) is 5.10 Å². The Morgan fingerprint density at radius 1 is 1.28 bits per heavy atom. The highest BCUT2D eigenvalue weighted by molar-refractivity contribution is 5.93. The van der Waals surface area contributed by atoms with E-state index in [0.717, 1.165) is 16.8 Å². The van der Waals surface area contributed by atoms with Crippen LogP contribution in [0.15, 0.2) is 35.4 Å². The van der Waals surface area contributed by atoms with Crippen molar-refractivity contribution in [3.8, 4) is 11.3 Å². The molecular weight excluding hydrogens is 318 g/mol. The standard InChI is InChI=1S/C19H23N3O3/c1-6-25-19(24)16-11-17(15-9-7-12(2)8-10-15)22(13(16)3)14(4)18(23)21-20-5/h7-11,14H,5-6H2,1-4H3,(H,21,23). The molecule has 0 saturated heterocycles. The van der Waals surface area contributed by atoms with Crippen LogP contribution in [0.2, 0.25) is 0 Å². The van der Waals surface area contributed by atoms with Crippen molar-refractivity contribution >= 4 is 18.6 Å². The van der Waals surface area contributed by atoms with Crippen LogP contribution in [0, 0.1) is 13.8 Å². The highest BCUT2D eigenvalue weighted by Crippen LogP contribution is 2.30.